The maximum atomic E-state index is 13.0. The predicted molar refractivity (Wildman–Crippen MR) is 105 cm³/mol. The molecule has 138 valence electrons. The normalized spacial score (nSPS) is 10.7. The van der Waals surface area contributed by atoms with E-state index >= 15 is 0 Å². The van der Waals surface area contributed by atoms with Gasteiger partial charge in [0.2, 0.25) is 0 Å². The molecular formula is C21H20ClN3O2. The fourth-order valence-electron chi connectivity index (χ4n) is 2.84. The van der Waals surface area contributed by atoms with Crippen LogP contribution in [0, 0.1) is 6.92 Å². The molecule has 0 aliphatic heterocycles. The summed E-state index contributed by atoms with van der Waals surface area (Å²) in [7, 11) is 3.45. The fraction of sp³-hybridized carbons (Fsp3) is 0.190. The first-order valence-corrected chi connectivity index (χ1v) is 8.88. The van der Waals surface area contributed by atoms with Crippen LogP contribution in [0.15, 0.2) is 54.7 Å². The van der Waals surface area contributed by atoms with Crippen LogP contribution in [-0.2, 0) is 13.6 Å². The second kappa shape index (κ2) is 7.76. The first-order valence-electron chi connectivity index (χ1n) is 8.50. The van der Waals surface area contributed by atoms with Crippen molar-refractivity contribution in [2.45, 2.75) is 13.5 Å². The number of benzene rings is 2. The SMILES string of the molecule is Cc1ccc(C(=O)c2ccccc2C(=O)N(C)Cc2c(Cl)cnn2C)cc1. The average molecular weight is 382 g/mol. The van der Waals surface area contributed by atoms with Gasteiger partial charge in [0, 0.05) is 25.2 Å². The van der Waals surface area contributed by atoms with Gasteiger partial charge in [-0.15, -0.1) is 0 Å². The number of rotatable bonds is 5. The van der Waals surface area contributed by atoms with Crippen LogP contribution in [-0.4, -0.2) is 33.4 Å². The van der Waals surface area contributed by atoms with Crippen LogP contribution in [0.3, 0.4) is 0 Å². The summed E-state index contributed by atoms with van der Waals surface area (Å²) in [4.78, 5) is 27.5. The molecule has 0 spiro atoms. The summed E-state index contributed by atoms with van der Waals surface area (Å²) in [6, 6.07) is 14.2. The van der Waals surface area contributed by atoms with E-state index in [2.05, 4.69) is 5.10 Å². The second-order valence-electron chi connectivity index (χ2n) is 6.46. The van der Waals surface area contributed by atoms with Crippen molar-refractivity contribution in [2.24, 2.45) is 7.05 Å². The van der Waals surface area contributed by atoms with Crippen molar-refractivity contribution in [3.05, 3.63) is 87.7 Å². The lowest BCUT2D eigenvalue weighted by Gasteiger charge is -2.19. The van der Waals surface area contributed by atoms with Crippen LogP contribution in [0.2, 0.25) is 5.02 Å². The van der Waals surface area contributed by atoms with E-state index in [0.717, 1.165) is 11.3 Å². The molecular weight excluding hydrogens is 362 g/mol. The van der Waals surface area contributed by atoms with Gasteiger partial charge in [0.25, 0.3) is 5.91 Å². The number of aromatic nitrogens is 2. The third kappa shape index (κ3) is 3.93. The van der Waals surface area contributed by atoms with E-state index in [9.17, 15) is 9.59 Å². The Kier molecular flexibility index (Phi) is 5.42. The van der Waals surface area contributed by atoms with Crippen molar-refractivity contribution in [2.75, 3.05) is 7.05 Å². The van der Waals surface area contributed by atoms with Crippen molar-refractivity contribution in [3.63, 3.8) is 0 Å². The Bertz CT molecular complexity index is 973. The molecule has 0 saturated carbocycles. The van der Waals surface area contributed by atoms with Crippen molar-refractivity contribution in [1.29, 1.82) is 0 Å². The van der Waals surface area contributed by atoms with E-state index in [0.29, 0.717) is 28.3 Å². The van der Waals surface area contributed by atoms with Crippen LogP contribution in [0.25, 0.3) is 0 Å². The maximum Gasteiger partial charge on any atom is 0.254 e. The lowest BCUT2D eigenvalue weighted by molar-refractivity contribution is 0.0777. The Morgan fingerprint density at radius 2 is 1.70 bits per heavy atom. The molecule has 6 heteroatoms. The molecule has 3 rings (SSSR count). The maximum absolute atomic E-state index is 13.0. The molecule has 0 aliphatic carbocycles. The van der Waals surface area contributed by atoms with Crippen molar-refractivity contribution >= 4 is 23.3 Å². The van der Waals surface area contributed by atoms with Gasteiger partial charge in [0.1, 0.15) is 0 Å². The molecule has 5 nitrogen and oxygen atoms in total. The molecule has 0 bridgehead atoms. The molecule has 0 radical (unpaired) electrons. The summed E-state index contributed by atoms with van der Waals surface area (Å²) in [5.74, 6) is -0.422. The van der Waals surface area contributed by atoms with Crippen molar-refractivity contribution in [3.8, 4) is 0 Å². The Morgan fingerprint density at radius 1 is 1.07 bits per heavy atom. The van der Waals surface area contributed by atoms with Gasteiger partial charge >= 0.3 is 0 Å². The molecule has 3 aromatic rings. The topological polar surface area (TPSA) is 55.2 Å². The molecule has 0 unspecified atom stereocenters. The van der Waals surface area contributed by atoms with Gasteiger partial charge in [-0.25, -0.2) is 0 Å². The number of ketones is 1. The monoisotopic (exact) mass is 381 g/mol. The Hall–Kier alpha value is -2.92. The number of halogens is 1. The Balaban J connectivity index is 1.89. The zero-order chi connectivity index (χ0) is 19.6. The van der Waals surface area contributed by atoms with Crippen LogP contribution in [0.4, 0.5) is 0 Å². The minimum Gasteiger partial charge on any atom is -0.336 e. The van der Waals surface area contributed by atoms with E-state index in [1.54, 1.807) is 61.4 Å². The van der Waals surface area contributed by atoms with E-state index in [4.69, 9.17) is 11.6 Å². The van der Waals surface area contributed by atoms with Crippen LogP contribution < -0.4 is 0 Å². The highest BCUT2D eigenvalue weighted by molar-refractivity contribution is 6.31. The van der Waals surface area contributed by atoms with Gasteiger partial charge in [-0.3, -0.25) is 14.3 Å². The second-order valence-corrected chi connectivity index (χ2v) is 6.87. The van der Waals surface area contributed by atoms with E-state index < -0.39 is 0 Å². The summed E-state index contributed by atoms with van der Waals surface area (Å²) in [5, 5.41) is 4.59. The molecule has 0 aliphatic rings. The van der Waals surface area contributed by atoms with E-state index in [-0.39, 0.29) is 11.7 Å². The number of nitrogens with zero attached hydrogens (tertiary/aromatic N) is 3. The standard InChI is InChI=1S/C21H20ClN3O2/c1-14-8-10-15(11-9-14)20(26)16-6-4-5-7-17(16)21(27)24(2)13-19-18(22)12-23-25(19)3/h4-12H,13H2,1-3H3. The number of carbonyl (C=O) groups is 2. The molecule has 0 fully saturated rings. The largest absolute Gasteiger partial charge is 0.336 e. The summed E-state index contributed by atoms with van der Waals surface area (Å²) in [6.07, 6.45) is 1.55. The summed E-state index contributed by atoms with van der Waals surface area (Å²) in [6.45, 7) is 2.26. The van der Waals surface area contributed by atoms with Crippen molar-refractivity contribution < 1.29 is 9.59 Å². The highest BCUT2D eigenvalue weighted by Gasteiger charge is 2.22. The van der Waals surface area contributed by atoms with Crippen molar-refractivity contribution in [1.82, 2.24) is 14.7 Å². The predicted octanol–water partition coefficient (Wildman–Crippen LogP) is 3.89. The van der Waals surface area contributed by atoms with Gasteiger partial charge in [-0.05, 0) is 13.0 Å². The molecule has 0 N–H and O–H groups in total. The zero-order valence-corrected chi connectivity index (χ0v) is 16.2. The van der Waals surface area contributed by atoms with Gasteiger partial charge in [0.05, 0.1) is 29.0 Å². The summed E-state index contributed by atoms with van der Waals surface area (Å²) >= 11 is 6.14. The van der Waals surface area contributed by atoms with Gasteiger partial charge < -0.3 is 4.90 Å². The molecule has 27 heavy (non-hydrogen) atoms. The highest BCUT2D eigenvalue weighted by Crippen LogP contribution is 2.20. The highest BCUT2D eigenvalue weighted by atomic mass is 35.5. The molecule has 0 atom stereocenters. The molecule has 1 amide bonds. The van der Waals surface area contributed by atoms with Gasteiger partial charge in [-0.2, -0.15) is 5.10 Å². The third-order valence-electron chi connectivity index (χ3n) is 4.46. The van der Waals surface area contributed by atoms with Crippen LogP contribution in [0.1, 0.15) is 37.5 Å². The number of hydrogen-bond donors (Lipinski definition) is 0. The lowest BCUT2D eigenvalue weighted by atomic mass is 9.97. The van der Waals surface area contributed by atoms with Gasteiger partial charge in [0.15, 0.2) is 5.78 Å². The quantitative estimate of drug-likeness (QED) is 0.630. The molecule has 0 saturated heterocycles. The third-order valence-corrected chi connectivity index (χ3v) is 4.78. The Labute approximate surface area is 163 Å². The molecule has 2 aromatic carbocycles. The van der Waals surface area contributed by atoms with E-state index in [1.165, 1.54) is 4.90 Å². The minimum absolute atomic E-state index is 0.175. The number of carbonyl (C=O) groups excluding carboxylic acids is 2. The number of amides is 1. The zero-order valence-electron chi connectivity index (χ0n) is 15.4. The Morgan fingerprint density at radius 3 is 2.30 bits per heavy atom. The van der Waals surface area contributed by atoms with Crippen LogP contribution >= 0.6 is 11.6 Å². The number of aryl methyl sites for hydroxylation is 2. The first kappa shape index (κ1) is 18.9. The molecule has 1 heterocycles. The summed E-state index contributed by atoms with van der Waals surface area (Å²) < 4.78 is 1.63. The first-order chi connectivity index (χ1) is 12.9. The fourth-order valence-corrected chi connectivity index (χ4v) is 3.07. The van der Waals surface area contributed by atoms with Crippen LogP contribution in [0.5, 0.6) is 0 Å². The minimum atomic E-state index is -0.247. The van der Waals surface area contributed by atoms with E-state index in [1.807, 2.05) is 19.1 Å². The smallest absolute Gasteiger partial charge is 0.254 e. The summed E-state index contributed by atoms with van der Waals surface area (Å²) in [5.41, 5.74) is 3.11. The molecule has 1 aromatic heterocycles. The number of hydrogen-bond acceptors (Lipinski definition) is 3. The average Bonchev–Trinajstić information content (AvgIpc) is 2.99. The van der Waals surface area contributed by atoms with Gasteiger partial charge in [-0.1, -0.05) is 59.6 Å². The lowest BCUT2D eigenvalue weighted by Crippen LogP contribution is -2.29.